The maximum absolute atomic E-state index is 12.2. The van der Waals surface area contributed by atoms with Gasteiger partial charge in [-0.3, -0.25) is 9.59 Å². The maximum atomic E-state index is 12.2. The van der Waals surface area contributed by atoms with Crippen molar-refractivity contribution < 1.29 is 9.59 Å². The van der Waals surface area contributed by atoms with Gasteiger partial charge in [0.1, 0.15) is 6.04 Å². The molecular weight excluding hydrogens is 340 g/mol. The van der Waals surface area contributed by atoms with Crippen LogP contribution in [0.25, 0.3) is 16.9 Å². The Bertz CT molecular complexity index is 920. The molecule has 0 saturated carbocycles. The first-order chi connectivity index (χ1) is 13.0. The molecule has 0 fully saturated rings. The summed E-state index contributed by atoms with van der Waals surface area (Å²) in [5.74, 6) is -0.476. The SMILES string of the molecule is CC(=O)N[C@H](C)C(=O)NCc1cn(-c2ccccc2)nc1-c1ccccc1. The van der Waals surface area contributed by atoms with Crippen molar-refractivity contribution in [2.24, 2.45) is 0 Å². The van der Waals surface area contributed by atoms with Crippen LogP contribution in [-0.2, 0) is 16.1 Å². The van der Waals surface area contributed by atoms with E-state index in [1.165, 1.54) is 6.92 Å². The van der Waals surface area contributed by atoms with Gasteiger partial charge in [0.2, 0.25) is 11.8 Å². The number of rotatable bonds is 6. The Morgan fingerprint density at radius 2 is 1.67 bits per heavy atom. The summed E-state index contributed by atoms with van der Waals surface area (Å²) in [6, 6.07) is 19.1. The topological polar surface area (TPSA) is 76.0 Å². The molecule has 1 heterocycles. The fourth-order valence-electron chi connectivity index (χ4n) is 2.80. The molecular formula is C21H22N4O2. The smallest absolute Gasteiger partial charge is 0.242 e. The Balaban J connectivity index is 1.86. The Labute approximate surface area is 158 Å². The van der Waals surface area contributed by atoms with Gasteiger partial charge in [0.25, 0.3) is 0 Å². The molecule has 0 aliphatic carbocycles. The van der Waals surface area contributed by atoms with E-state index in [0.29, 0.717) is 6.54 Å². The largest absolute Gasteiger partial charge is 0.350 e. The van der Waals surface area contributed by atoms with Crippen LogP contribution in [0.1, 0.15) is 19.4 Å². The standard InChI is InChI=1S/C21H22N4O2/c1-15(23-16(2)26)21(27)22-13-18-14-25(19-11-7-4-8-12-19)24-20(18)17-9-5-3-6-10-17/h3-12,14-15H,13H2,1-2H3,(H,22,27)(H,23,26)/t15-/m1/s1. The summed E-state index contributed by atoms with van der Waals surface area (Å²) in [6.45, 7) is 3.36. The molecule has 0 radical (unpaired) electrons. The van der Waals surface area contributed by atoms with Crippen molar-refractivity contribution in [1.82, 2.24) is 20.4 Å². The lowest BCUT2D eigenvalue weighted by atomic mass is 10.1. The van der Waals surface area contributed by atoms with Gasteiger partial charge < -0.3 is 10.6 Å². The third kappa shape index (κ3) is 4.61. The molecule has 27 heavy (non-hydrogen) atoms. The Morgan fingerprint density at radius 3 is 2.30 bits per heavy atom. The second-order valence-corrected chi connectivity index (χ2v) is 6.29. The predicted octanol–water partition coefficient (Wildman–Crippen LogP) is 2.68. The van der Waals surface area contributed by atoms with Crippen LogP contribution >= 0.6 is 0 Å². The van der Waals surface area contributed by atoms with Crippen molar-refractivity contribution in [2.75, 3.05) is 0 Å². The number of nitrogens with zero attached hydrogens (tertiary/aromatic N) is 2. The van der Waals surface area contributed by atoms with E-state index < -0.39 is 6.04 Å². The average molecular weight is 362 g/mol. The van der Waals surface area contributed by atoms with Crippen molar-refractivity contribution in [2.45, 2.75) is 26.4 Å². The van der Waals surface area contributed by atoms with E-state index in [1.807, 2.05) is 66.9 Å². The minimum atomic E-state index is -0.591. The Kier molecular flexibility index (Phi) is 5.66. The number of carbonyl (C=O) groups is 2. The van der Waals surface area contributed by atoms with Gasteiger partial charge in [-0.2, -0.15) is 5.10 Å². The minimum absolute atomic E-state index is 0.237. The highest BCUT2D eigenvalue weighted by Crippen LogP contribution is 2.23. The first-order valence-electron chi connectivity index (χ1n) is 8.79. The van der Waals surface area contributed by atoms with Crippen molar-refractivity contribution in [3.05, 3.63) is 72.4 Å². The molecule has 0 aliphatic heterocycles. The summed E-state index contributed by atoms with van der Waals surface area (Å²) in [5, 5.41) is 10.2. The fraction of sp³-hybridized carbons (Fsp3) is 0.190. The molecule has 0 spiro atoms. The third-order valence-electron chi connectivity index (χ3n) is 4.12. The summed E-state index contributed by atoms with van der Waals surface area (Å²) in [6.07, 6.45) is 1.92. The summed E-state index contributed by atoms with van der Waals surface area (Å²) in [7, 11) is 0. The lowest BCUT2D eigenvalue weighted by molar-refractivity contribution is -0.127. The van der Waals surface area contributed by atoms with Crippen molar-refractivity contribution >= 4 is 11.8 Å². The van der Waals surface area contributed by atoms with Crippen LogP contribution in [0.15, 0.2) is 66.9 Å². The van der Waals surface area contributed by atoms with E-state index in [2.05, 4.69) is 10.6 Å². The van der Waals surface area contributed by atoms with Gasteiger partial charge in [0, 0.05) is 30.8 Å². The first-order valence-corrected chi connectivity index (χ1v) is 8.79. The molecule has 0 saturated heterocycles. The molecule has 2 aromatic carbocycles. The van der Waals surface area contributed by atoms with Crippen LogP contribution in [0.4, 0.5) is 0 Å². The second kappa shape index (κ2) is 8.31. The van der Waals surface area contributed by atoms with Crippen LogP contribution in [-0.4, -0.2) is 27.6 Å². The molecule has 138 valence electrons. The maximum Gasteiger partial charge on any atom is 0.242 e. The van der Waals surface area contributed by atoms with Gasteiger partial charge in [-0.25, -0.2) is 4.68 Å². The van der Waals surface area contributed by atoms with Gasteiger partial charge in [-0.05, 0) is 19.1 Å². The number of aromatic nitrogens is 2. The van der Waals surface area contributed by atoms with Crippen LogP contribution in [0.5, 0.6) is 0 Å². The van der Waals surface area contributed by atoms with Crippen molar-refractivity contribution in [1.29, 1.82) is 0 Å². The first kappa shape index (κ1) is 18.4. The number of carbonyl (C=O) groups excluding carboxylic acids is 2. The highest BCUT2D eigenvalue weighted by molar-refractivity contribution is 5.86. The van der Waals surface area contributed by atoms with E-state index >= 15 is 0 Å². The van der Waals surface area contributed by atoms with E-state index in [1.54, 1.807) is 11.6 Å². The molecule has 3 rings (SSSR count). The highest BCUT2D eigenvalue weighted by atomic mass is 16.2. The van der Waals surface area contributed by atoms with Gasteiger partial charge >= 0.3 is 0 Å². The van der Waals surface area contributed by atoms with Gasteiger partial charge in [0.05, 0.1) is 11.4 Å². The van der Waals surface area contributed by atoms with Gasteiger partial charge in [-0.1, -0.05) is 48.5 Å². The lowest BCUT2D eigenvalue weighted by Gasteiger charge is -2.12. The zero-order valence-corrected chi connectivity index (χ0v) is 15.3. The summed E-state index contributed by atoms with van der Waals surface area (Å²) in [5.41, 5.74) is 3.63. The molecule has 6 heteroatoms. The van der Waals surface area contributed by atoms with Crippen molar-refractivity contribution in [3.63, 3.8) is 0 Å². The Hall–Kier alpha value is -3.41. The number of nitrogens with one attached hydrogen (secondary N) is 2. The number of benzene rings is 2. The number of para-hydroxylation sites is 1. The highest BCUT2D eigenvalue weighted by Gasteiger charge is 2.16. The van der Waals surface area contributed by atoms with E-state index in [0.717, 1.165) is 22.5 Å². The monoisotopic (exact) mass is 362 g/mol. The summed E-state index contributed by atoms with van der Waals surface area (Å²) >= 11 is 0. The zero-order valence-electron chi connectivity index (χ0n) is 15.3. The molecule has 2 amide bonds. The quantitative estimate of drug-likeness (QED) is 0.708. The predicted molar refractivity (Wildman–Crippen MR) is 104 cm³/mol. The normalized spacial score (nSPS) is 11.6. The van der Waals surface area contributed by atoms with Crippen LogP contribution in [0.3, 0.4) is 0 Å². The lowest BCUT2D eigenvalue weighted by Crippen LogP contribution is -2.43. The number of amides is 2. The molecule has 0 bridgehead atoms. The van der Waals surface area contributed by atoms with E-state index in [4.69, 9.17) is 5.10 Å². The summed E-state index contributed by atoms with van der Waals surface area (Å²) < 4.78 is 1.81. The van der Waals surface area contributed by atoms with Gasteiger partial charge in [0.15, 0.2) is 0 Å². The zero-order chi connectivity index (χ0) is 19.2. The van der Waals surface area contributed by atoms with E-state index in [-0.39, 0.29) is 11.8 Å². The molecule has 1 atom stereocenters. The molecule has 0 unspecified atom stereocenters. The molecule has 1 aromatic heterocycles. The van der Waals surface area contributed by atoms with Crippen LogP contribution < -0.4 is 10.6 Å². The minimum Gasteiger partial charge on any atom is -0.350 e. The fourth-order valence-corrected chi connectivity index (χ4v) is 2.80. The molecule has 2 N–H and O–H groups in total. The second-order valence-electron chi connectivity index (χ2n) is 6.29. The Morgan fingerprint density at radius 1 is 1.04 bits per heavy atom. The molecule has 6 nitrogen and oxygen atoms in total. The van der Waals surface area contributed by atoms with Crippen LogP contribution in [0, 0.1) is 0 Å². The van der Waals surface area contributed by atoms with E-state index in [9.17, 15) is 9.59 Å². The average Bonchev–Trinajstić information content (AvgIpc) is 3.11. The summed E-state index contributed by atoms with van der Waals surface area (Å²) in [4.78, 5) is 23.4. The van der Waals surface area contributed by atoms with Crippen LogP contribution in [0.2, 0.25) is 0 Å². The van der Waals surface area contributed by atoms with Gasteiger partial charge in [-0.15, -0.1) is 0 Å². The van der Waals surface area contributed by atoms with Crippen molar-refractivity contribution in [3.8, 4) is 16.9 Å². The number of hydrogen-bond acceptors (Lipinski definition) is 3. The molecule has 3 aromatic rings. The number of hydrogen-bond donors (Lipinski definition) is 2. The third-order valence-corrected chi connectivity index (χ3v) is 4.12. The molecule has 0 aliphatic rings.